The number of nitrogens with zero attached hydrogens (tertiary/aromatic N) is 1. The summed E-state index contributed by atoms with van der Waals surface area (Å²) in [5.74, 6) is -0.187. The molecule has 1 aliphatic heterocycles. The number of amides is 4. The van der Waals surface area contributed by atoms with Crippen molar-refractivity contribution in [2.75, 3.05) is 13.7 Å². The van der Waals surface area contributed by atoms with E-state index in [0.717, 1.165) is 10.5 Å². The van der Waals surface area contributed by atoms with Gasteiger partial charge in [0, 0.05) is 5.56 Å². The van der Waals surface area contributed by atoms with Gasteiger partial charge < -0.3 is 15.4 Å². The van der Waals surface area contributed by atoms with Gasteiger partial charge in [0.05, 0.1) is 13.2 Å². The Hall–Kier alpha value is -3.35. The maximum absolute atomic E-state index is 13.1. The number of methoxy groups -OCH3 is 1. The number of carbonyl (C=O) groups excluding carboxylic acids is 3. The van der Waals surface area contributed by atoms with Gasteiger partial charge in [0.15, 0.2) is 0 Å². The average molecular weight is 395 g/mol. The molecule has 1 aliphatic rings. The van der Waals surface area contributed by atoms with Crippen LogP contribution < -0.4 is 15.4 Å². The van der Waals surface area contributed by atoms with Gasteiger partial charge >= 0.3 is 6.03 Å². The largest absolute Gasteiger partial charge is 0.496 e. The summed E-state index contributed by atoms with van der Waals surface area (Å²) >= 11 is 0. The third-order valence-electron chi connectivity index (χ3n) is 5.26. The topological polar surface area (TPSA) is 87.7 Å². The zero-order chi connectivity index (χ0) is 21.0. The Morgan fingerprint density at radius 1 is 1.14 bits per heavy atom. The van der Waals surface area contributed by atoms with Crippen molar-refractivity contribution in [3.05, 3.63) is 65.7 Å². The van der Waals surface area contributed by atoms with E-state index in [2.05, 4.69) is 10.6 Å². The highest BCUT2D eigenvalue weighted by molar-refractivity contribution is 6.09. The van der Waals surface area contributed by atoms with E-state index < -0.39 is 23.4 Å². The van der Waals surface area contributed by atoms with Crippen molar-refractivity contribution in [2.24, 2.45) is 0 Å². The maximum atomic E-state index is 13.1. The second kappa shape index (κ2) is 8.34. The summed E-state index contributed by atoms with van der Waals surface area (Å²) in [6, 6.07) is 15.5. The highest BCUT2D eigenvalue weighted by Gasteiger charge is 2.51. The normalized spacial score (nSPS) is 19.6. The van der Waals surface area contributed by atoms with E-state index in [4.69, 9.17) is 4.74 Å². The van der Waals surface area contributed by atoms with Crippen LogP contribution in [-0.2, 0) is 15.1 Å². The average Bonchev–Trinajstić information content (AvgIpc) is 2.99. The highest BCUT2D eigenvalue weighted by atomic mass is 16.5. The summed E-state index contributed by atoms with van der Waals surface area (Å²) < 4.78 is 5.33. The molecule has 0 aromatic heterocycles. The molecule has 29 heavy (non-hydrogen) atoms. The zero-order valence-electron chi connectivity index (χ0n) is 16.8. The predicted molar refractivity (Wildman–Crippen MR) is 108 cm³/mol. The molecular formula is C22H25N3O4. The molecular weight excluding hydrogens is 370 g/mol. The van der Waals surface area contributed by atoms with Crippen LogP contribution in [0.3, 0.4) is 0 Å². The summed E-state index contributed by atoms with van der Waals surface area (Å²) in [5, 5.41) is 5.61. The lowest BCUT2D eigenvalue weighted by Crippen LogP contribution is -2.45. The quantitative estimate of drug-likeness (QED) is 0.706. The summed E-state index contributed by atoms with van der Waals surface area (Å²) in [6.45, 7) is 3.30. The molecule has 2 aromatic rings. The molecule has 2 aromatic carbocycles. The molecule has 2 atom stereocenters. The fourth-order valence-electron chi connectivity index (χ4n) is 3.66. The number of hydrogen-bond acceptors (Lipinski definition) is 4. The minimum absolute atomic E-state index is 0.343. The van der Waals surface area contributed by atoms with Crippen molar-refractivity contribution in [3.8, 4) is 5.75 Å². The van der Waals surface area contributed by atoms with Gasteiger partial charge in [0.1, 0.15) is 17.8 Å². The number of carbonyl (C=O) groups is 3. The fraction of sp³-hybridized carbons (Fsp3) is 0.318. The summed E-state index contributed by atoms with van der Waals surface area (Å²) in [4.78, 5) is 39.2. The van der Waals surface area contributed by atoms with Crippen molar-refractivity contribution in [3.63, 3.8) is 0 Å². The Balaban J connectivity index is 1.74. The van der Waals surface area contributed by atoms with Crippen molar-refractivity contribution < 1.29 is 19.1 Å². The number of benzene rings is 2. The number of para-hydroxylation sites is 1. The molecule has 0 radical (unpaired) electrons. The molecule has 4 amide bonds. The second-order valence-electron chi connectivity index (χ2n) is 6.98. The van der Waals surface area contributed by atoms with Gasteiger partial charge in [-0.2, -0.15) is 0 Å². The molecule has 2 N–H and O–H groups in total. The van der Waals surface area contributed by atoms with Gasteiger partial charge in [-0.15, -0.1) is 0 Å². The lowest BCUT2D eigenvalue weighted by Gasteiger charge is -2.25. The Morgan fingerprint density at radius 2 is 1.79 bits per heavy atom. The molecule has 152 valence electrons. The van der Waals surface area contributed by atoms with Crippen LogP contribution in [-0.4, -0.2) is 36.4 Å². The summed E-state index contributed by atoms with van der Waals surface area (Å²) in [6.07, 6.45) is 0.386. The van der Waals surface area contributed by atoms with Crippen molar-refractivity contribution in [1.29, 1.82) is 0 Å². The molecule has 2 unspecified atom stereocenters. The van der Waals surface area contributed by atoms with E-state index in [1.165, 1.54) is 0 Å². The Kier molecular flexibility index (Phi) is 5.87. The first kappa shape index (κ1) is 20.4. The van der Waals surface area contributed by atoms with E-state index >= 15 is 0 Å². The lowest BCUT2D eigenvalue weighted by atomic mass is 9.87. The molecule has 1 saturated heterocycles. The van der Waals surface area contributed by atoms with Crippen LogP contribution in [0, 0.1) is 0 Å². The molecule has 3 rings (SSSR count). The van der Waals surface area contributed by atoms with Gasteiger partial charge in [0.2, 0.25) is 5.91 Å². The second-order valence-corrected chi connectivity index (χ2v) is 6.98. The van der Waals surface area contributed by atoms with Crippen molar-refractivity contribution in [2.45, 2.75) is 31.8 Å². The van der Waals surface area contributed by atoms with Gasteiger partial charge in [0.25, 0.3) is 5.91 Å². The molecule has 0 spiro atoms. The van der Waals surface area contributed by atoms with E-state index in [-0.39, 0.29) is 12.6 Å². The van der Waals surface area contributed by atoms with Crippen LogP contribution in [0.5, 0.6) is 5.75 Å². The summed E-state index contributed by atoms with van der Waals surface area (Å²) in [5.41, 5.74) is 0.367. The van der Waals surface area contributed by atoms with E-state index in [1.54, 1.807) is 19.2 Å². The van der Waals surface area contributed by atoms with Crippen LogP contribution in [0.25, 0.3) is 0 Å². The Morgan fingerprint density at radius 3 is 2.45 bits per heavy atom. The monoisotopic (exact) mass is 395 g/mol. The minimum Gasteiger partial charge on any atom is -0.496 e. The lowest BCUT2D eigenvalue weighted by molar-refractivity contribution is -0.135. The molecule has 7 nitrogen and oxygen atoms in total. The minimum atomic E-state index is -1.15. The standard InChI is InChI=1S/C22H25N3O4/c1-4-22(16-10-6-5-7-11-16)20(27)25(21(28)24-22)14-19(26)23-15(2)17-12-8-9-13-18(17)29-3/h5-13,15H,4,14H2,1-3H3,(H,23,26)(H,24,28). The predicted octanol–water partition coefficient (Wildman–Crippen LogP) is 2.73. The molecule has 1 heterocycles. The van der Waals surface area contributed by atoms with Gasteiger partial charge in [-0.25, -0.2) is 4.79 Å². The fourth-order valence-corrected chi connectivity index (χ4v) is 3.66. The first-order chi connectivity index (χ1) is 13.9. The smallest absolute Gasteiger partial charge is 0.325 e. The van der Waals surface area contributed by atoms with Crippen molar-refractivity contribution in [1.82, 2.24) is 15.5 Å². The van der Waals surface area contributed by atoms with Crippen LogP contribution in [0.4, 0.5) is 4.79 Å². The van der Waals surface area contributed by atoms with Crippen LogP contribution >= 0.6 is 0 Å². The van der Waals surface area contributed by atoms with Gasteiger partial charge in [-0.3, -0.25) is 14.5 Å². The van der Waals surface area contributed by atoms with Gasteiger partial charge in [-0.1, -0.05) is 55.5 Å². The third kappa shape index (κ3) is 3.81. The molecule has 1 fully saturated rings. The first-order valence-corrected chi connectivity index (χ1v) is 9.55. The summed E-state index contributed by atoms with van der Waals surface area (Å²) in [7, 11) is 1.56. The molecule has 0 aliphatic carbocycles. The molecule has 0 bridgehead atoms. The Labute approximate surface area is 170 Å². The molecule has 7 heteroatoms. The highest BCUT2D eigenvalue weighted by Crippen LogP contribution is 2.32. The van der Waals surface area contributed by atoms with Crippen LogP contribution in [0.1, 0.15) is 37.4 Å². The van der Waals surface area contributed by atoms with E-state index in [1.807, 2.05) is 56.3 Å². The van der Waals surface area contributed by atoms with E-state index in [0.29, 0.717) is 17.7 Å². The van der Waals surface area contributed by atoms with Crippen LogP contribution in [0.15, 0.2) is 54.6 Å². The SMILES string of the molecule is CCC1(c2ccccc2)NC(=O)N(CC(=O)NC(C)c2ccccc2OC)C1=O. The maximum Gasteiger partial charge on any atom is 0.325 e. The number of hydrogen-bond donors (Lipinski definition) is 2. The van der Waals surface area contributed by atoms with Crippen LogP contribution in [0.2, 0.25) is 0 Å². The number of nitrogens with one attached hydrogen (secondary N) is 2. The van der Waals surface area contributed by atoms with E-state index in [9.17, 15) is 14.4 Å². The number of urea groups is 1. The van der Waals surface area contributed by atoms with Crippen molar-refractivity contribution >= 4 is 17.8 Å². The number of imide groups is 1. The Bertz CT molecular complexity index is 915. The number of rotatable bonds is 7. The molecule has 0 saturated carbocycles. The first-order valence-electron chi connectivity index (χ1n) is 9.55. The zero-order valence-corrected chi connectivity index (χ0v) is 16.8. The number of ether oxygens (including phenoxy) is 1. The third-order valence-corrected chi connectivity index (χ3v) is 5.26. The van der Waals surface area contributed by atoms with Gasteiger partial charge in [-0.05, 0) is 25.0 Å².